The Balaban J connectivity index is 1.16. The van der Waals surface area contributed by atoms with Gasteiger partial charge in [0.1, 0.15) is 5.82 Å². The number of para-hydroxylation sites is 2. The molecule has 0 aliphatic carbocycles. The second-order valence-corrected chi connectivity index (χ2v) is 15.2. The molecule has 4 heterocycles. The molecule has 0 spiro atoms. The number of benzene rings is 8. The largest absolute Gasteiger partial charge is 0.309 e. The van der Waals surface area contributed by atoms with Crippen LogP contribution >= 0.6 is 0 Å². The monoisotopic (exact) mass is 737 g/mol. The highest BCUT2D eigenvalue weighted by molar-refractivity contribution is 6.21. The molecule has 12 rings (SSSR count). The number of nitrogens with zero attached hydrogens (tertiary/aromatic N) is 3. The van der Waals surface area contributed by atoms with Crippen molar-refractivity contribution in [3.63, 3.8) is 0 Å². The number of rotatable bonds is 5. The quantitative estimate of drug-likeness (QED) is 0.161. The Morgan fingerprint density at radius 1 is 0.276 bits per heavy atom. The fraction of sp³-hybridized carbons (Fsp3) is 0. The molecule has 0 radical (unpaired) electrons. The van der Waals surface area contributed by atoms with Crippen LogP contribution in [0.4, 0.5) is 0 Å². The lowest BCUT2D eigenvalue weighted by Crippen LogP contribution is -2.00. The number of aromatic nitrogens is 3. The summed E-state index contributed by atoms with van der Waals surface area (Å²) in [5.41, 5.74) is 14.9. The van der Waals surface area contributed by atoms with Crippen molar-refractivity contribution in [2.45, 2.75) is 0 Å². The lowest BCUT2D eigenvalue weighted by atomic mass is 9.97. The van der Waals surface area contributed by atoms with E-state index in [0.717, 1.165) is 44.8 Å². The smallest absolute Gasteiger partial charge is 0.138 e. The van der Waals surface area contributed by atoms with Gasteiger partial charge in [-0.15, -0.1) is 0 Å². The molecule has 0 aliphatic heterocycles. The number of hydrogen-bond donors (Lipinski definition) is 0. The summed E-state index contributed by atoms with van der Waals surface area (Å²) in [7, 11) is 0. The number of fused-ring (bicyclic) bond motifs is 11. The Kier molecular flexibility index (Phi) is 7.23. The number of hydrogen-bond acceptors (Lipinski definition) is 1. The second-order valence-electron chi connectivity index (χ2n) is 15.2. The zero-order valence-electron chi connectivity index (χ0n) is 31.5. The summed E-state index contributed by atoms with van der Waals surface area (Å²) in [6.07, 6.45) is 0. The molecule has 0 bridgehead atoms. The Hall–Kier alpha value is -7.75. The minimum absolute atomic E-state index is 0.880. The van der Waals surface area contributed by atoms with E-state index in [-0.39, 0.29) is 0 Å². The Morgan fingerprint density at radius 3 is 1.50 bits per heavy atom. The summed E-state index contributed by atoms with van der Waals surface area (Å²) in [5.74, 6) is 0.880. The predicted octanol–water partition coefficient (Wildman–Crippen LogP) is 14.6. The molecule has 12 aromatic rings. The fourth-order valence-electron chi connectivity index (χ4n) is 9.15. The Labute approximate surface area is 335 Å². The van der Waals surface area contributed by atoms with E-state index >= 15 is 0 Å². The molecule has 58 heavy (non-hydrogen) atoms. The molecule has 0 saturated heterocycles. The summed E-state index contributed by atoms with van der Waals surface area (Å²) in [4.78, 5) is 5.57. The lowest BCUT2D eigenvalue weighted by Gasteiger charge is -2.15. The van der Waals surface area contributed by atoms with E-state index in [9.17, 15) is 0 Å². The normalized spacial score (nSPS) is 11.8. The fourth-order valence-corrected chi connectivity index (χ4v) is 9.15. The highest BCUT2D eigenvalue weighted by atomic mass is 15.1. The zero-order chi connectivity index (χ0) is 38.2. The molecule has 0 N–H and O–H groups in total. The first-order valence-electron chi connectivity index (χ1n) is 19.9. The summed E-state index contributed by atoms with van der Waals surface area (Å²) in [6, 6.07) is 76.9. The van der Waals surface area contributed by atoms with E-state index in [1.165, 1.54) is 65.6 Å². The van der Waals surface area contributed by atoms with Gasteiger partial charge in [0, 0.05) is 32.5 Å². The zero-order valence-corrected chi connectivity index (χ0v) is 31.5. The van der Waals surface area contributed by atoms with Crippen LogP contribution in [-0.4, -0.2) is 14.0 Å². The molecule has 0 saturated carbocycles. The molecule has 270 valence electrons. The van der Waals surface area contributed by atoms with Crippen LogP contribution in [0.5, 0.6) is 0 Å². The summed E-state index contributed by atoms with van der Waals surface area (Å²) >= 11 is 0. The Bertz CT molecular complexity index is 3460. The molecule has 4 aromatic heterocycles. The van der Waals surface area contributed by atoms with Crippen LogP contribution in [0.3, 0.4) is 0 Å². The topological polar surface area (TPSA) is 22.2 Å². The van der Waals surface area contributed by atoms with Gasteiger partial charge in [0.2, 0.25) is 0 Å². The van der Waals surface area contributed by atoms with Crippen molar-refractivity contribution in [2.75, 3.05) is 0 Å². The maximum Gasteiger partial charge on any atom is 0.138 e. The highest BCUT2D eigenvalue weighted by Crippen LogP contribution is 2.41. The molecule has 0 fully saturated rings. The lowest BCUT2D eigenvalue weighted by molar-refractivity contribution is 1.08. The molecule has 0 amide bonds. The van der Waals surface area contributed by atoms with Crippen molar-refractivity contribution in [1.29, 1.82) is 0 Å². The maximum absolute atomic E-state index is 5.57. The average molecular weight is 738 g/mol. The molecule has 3 heteroatoms. The molecular weight excluding hydrogens is 703 g/mol. The first-order valence-corrected chi connectivity index (χ1v) is 19.9. The van der Waals surface area contributed by atoms with Crippen molar-refractivity contribution >= 4 is 59.9 Å². The standard InChI is InChI=1S/C55H35N3/c1-3-15-36(16-4-1)38-20-13-22-40(29-38)43-31-49(41-23-14-21-39(30-41)37-17-5-2-6-18-37)56-55(33-43)58-51-28-12-10-26-46(51)48-35-53-47(34-54(48)58)44-24-8-9-25-45(44)52-32-42-19-7-11-27-50(42)57(52)53/h1-35H. The van der Waals surface area contributed by atoms with Gasteiger partial charge >= 0.3 is 0 Å². The summed E-state index contributed by atoms with van der Waals surface area (Å²) < 4.78 is 4.83. The van der Waals surface area contributed by atoms with E-state index in [1.807, 2.05) is 0 Å². The third-order valence-corrected chi connectivity index (χ3v) is 11.8. The summed E-state index contributed by atoms with van der Waals surface area (Å²) in [6.45, 7) is 0. The molecule has 0 aliphatic rings. The van der Waals surface area contributed by atoms with Crippen molar-refractivity contribution in [3.8, 4) is 50.5 Å². The van der Waals surface area contributed by atoms with Crippen LogP contribution in [0.25, 0.3) is 110 Å². The minimum Gasteiger partial charge on any atom is -0.309 e. The van der Waals surface area contributed by atoms with Gasteiger partial charge in [-0.3, -0.25) is 4.57 Å². The molecule has 8 aromatic carbocycles. The third kappa shape index (κ3) is 5.11. The minimum atomic E-state index is 0.880. The van der Waals surface area contributed by atoms with Gasteiger partial charge in [-0.05, 0) is 93.4 Å². The van der Waals surface area contributed by atoms with Gasteiger partial charge in [-0.2, -0.15) is 0 Å². The van der Waals surface area contributed by atoms with Crippen molar-refractivity contribution in [1.82, 2.24) is 14.0 Å². The van der Waals surface area contributed by atoms with E-state index in [1.54, 1.807) is 0 Å². The Morgan fingerprint density at radius 2 is 0.776 bits per heavy atom. The van der Waals surface area contributed by atoms with Gasteiger partial charge in [0.15, 0.2) is 0 Å². The SMILES string of the molecule is c1ccc(-c2cccc(-c3cc(-c4cccc(-c5ccccc5)c4)nc(-n4c5ccccc5c5cc6c(cc54)c4ccccc4c4cc5ccccc5n46)c3)c2)cc1. The van der Waals surface area contributed by atoms with E-state index < -0.39 is 0 Å². The predicted molar refractivity (Wildman–Crippen MR) is 244 cm³/mol. The first-order chi connectivity index (χ1) is 28.7. The van der Waals surface area contributed by atoms with Crippen LogP contribution in [0.1, 0.15) is 0 Å². The number of pyridine rings is 2. The van der Waals surface area contributed by atoms with Crippen LogP contribution in [-0.2, 0) is 0 Å². The van der Waals surface area contributed by atoms with Gasteiger partial charge in [-0.1, -0.05) is 158 Å². The van der Waals surface area contributed by atoms with Crippen molar-refractivity contribution in [3.05, 3.63) is 212 Å². The second kappa shape index (κ2) is 12.9. The van der Waals surface area contributed by atoms with Crippen molar-refractivity contribution < 1.29 is 0 Å². The molecule has 0 atom stereocenters. The molecular formula is C55H35N3. The van der Waals surface area contributed by atoms with Gasteiger partial charge in [0.25, 0.3) is 0 Å². The van der Waals surface area contributed by atoms with E-state index in [0.29, 0.717) is 0 Å². The average Bonchev–Trinajstić information content (AvgIpc) is 3.85. The van der Waals surface area contributed by atoms with Gasteiger partial charge in [0.05, 0.1) is 33.3 Å². The van der Waals surface area contributed by atoms with Crippen LogP contribution in [0.2, 0.25) is 0 Å². The van der Waals surface area contributed by atoms with E-state index in [2.05, 4.69) is 221 Å². The highest BCUT2D eigenvalue weighted by Gasteiger charge is 2.20. The maximum atomic E-state index is 5.57. The molecule has 3 nitrogen and oxygen atoms in total. The van der Waals surface area contributed by atoms with Crippen LogP contribution < -0.4 is 0 Å². The van der Waals surface area contributed by atoms with Crippen molar-refractivity contribution in [2.24, 2.45) is 0 Å². The van der Waals surface area contributed by atoms with Crippen LogP contribution in [0.15, 0.2) is 212 Å². The molecule has 0 unspecified atom stereocenters. The van der Waals surface area contributed by atoms with Gasteiger partial charge < -0.3 is 4.40 Å². The van der Waals surface area contributed by atoms with Crippen LogP contribution in [0, 0.1) is 0 Å². The first kappa shape index (κ1) is 32.5. The van der Waals surface area contributed by atoms with E-state index in [4.69, 9.17) is 4.98 Å². The van der Waals surface area contributed by atoms with Gasteiger partial charge in [-0.25, -0.2) is 4.98 Å². The summed E-state index contributed by atoms with van der Waals surface area (Å²) in [5, 5.41) is 7.33. The third-order valence-electron chi connectivity index (χ3n) is 11.8.